The summed E-state index contributed by atoms with van der Waals surface area (Å²) in [5.41, 5.74) is 9.18. The smallest absolute Gasteiger partial charge is 0.0732 e. The van der Waals surface area contributed by atoms with Crippen LogP contribution in [0, 0.1) is 6.92 Å². The van der Waals surface area contributed by atoms with Gasteiger partial charge in [-0.2, -0.15) is 0 Å². The van der Waals surface area contributed by atoms with Crippen molar-refractivity contribution in [3.8, 4) is 22.4 Å². The summed E-state index contributed by atoms with van der Waals surface area (Å²) < 4.78 is 0. The molecule has 184 valence electrons. The molecule has 0 aliphatic carbocycles. The van der Waals surface area contributed by atoms with Crippen LogP contribution < -0.4 is 0 Å². The van der Waals surface area contributed by atoms with E-state index in [0.717, 1.165) is 23.3 Å². The van der Waals surface area contributed by atoms with Crippen LogP contribution in [0.1, 0.15) is 36.6 Å². The molecule has 1 atom stereocenters. The van der Waals surface area contributed by atoms with E-state index in [4.69, 9.17) is 4.98 Å². The van der Waals surface area contributed by atoms with Gasteiger partial charge >= 0.3 is 0 Å². The Labute approximate surface area is 221 Å². The van der Waals surface area contributed by atoms with Crippen molar-refractivity contribution in [2.24, 2.45) is 0 Å². The second kappa shape index (κ2) is 10.4. The van der Waals surface area contributed by atoms with Gasteiger partial charge in [0.1, 0.15) is 0 Å². The van der Waals surface area contributed by atoms with Gasteiger partial charge in [-0.05, 0) is 84.9 Å². The van der Waals surface area contributed by atoms with Crippen molar-refractivity contribution in [3.05, 3.63) is 150 Å². The van der Waals surface area contributed by atoms with Crippen LogP contribution in [-0.4, -0.2) is 15.4 Å². The summed E-state index contributed by atoms with van der Waals surface area (Å²) in [6, 6.07) is 32.4. The molecule has 0 spiro atoms. The minimum absolute atomic E-state index is 0.163. The van der Waals surface area contributed by atoms with Crippen LogP contribution in [0.15, 0.2) is 134 Å². The highest BCUT2D eigenvalue weighted by Gasteiger charge is 2.33. The van der Waals surface area contributed by atoms with E-state index in [9.17, 15) is 0 Å². The zero-order chi connectivity index (χ0) is 25.8. The van der Waals surface area contributed by atoms with Gasteiger partial charge in [0.05, 0.1) is 17.3 Å². The summed E-state index contributed by atoms with van der Waals surface area (Å²) >= 11 is 0. The summed E-state index contributed by atoms with van der Waals surface area (Å²) in [6.45, 7) is 11.3. The largest absolute Gasteiger partial charge is 0.358 e. The Morgan fingerprint density at radius 3 is 2.32 bits per heavy atom. The Kier molecular flexibility index (Phi) is 6.92. The molecule has 2 heterocycles. The van der Waals surface area contributed by atoms with Gasteiger partial charge in [0.15, 0.2) is 0 Å². The maximum Gasteiger partial charge on any atom is 0.0732 e. The number of pyridine rings is 1. The van der Waals surface area contributed by atoms with Crippen molar-refractivity contribution < 1.29 is 0 Å². The molecule has 37 heavy (non-hydrogen) atoms. The van der Waals surface area contributed by atoms with Crippen molar-refractivity contribution in [2.75, 3.05) is 0 Å². The minimum Gasteiger partial charge on any atom is -0.358 e. The van der Waals surface area contributed by atoms with E-state index < -0.39 is 0 Å². The van der Waals surface area contributed by atoms with Crippen LogP contribution in [0.25, 0.3) is 22.4 Å². The summed E-state index contributed by atoms with van der Waals surface area (Å²) in [5.74, 6) is 0. The van der Waals surface area contributed by atoms with Gasteiger partial charge in [-0.3, -0.25) is 4.98 Å². The number of hydrogen-bond donors (Lipinski definition) is 0. The first-order valence-corrected chi connectivity index (χ1v) is 12.9. The van der Waals surface area contributed by atoms with E-state index in [1.54, 1.807) is 0 Å². The number of benzene rings is 3. The normalized spacial score (nSPS) is 15.1. The van der Waals surface area contributed by atoms with Crippen LogP contribution in [0.3, 0.4) is 0 Å². The molecule has 1 aliphatic rings. The Hall–Kier alpha value is -4.17. The maximum atomic E-state index is 4.76. The molecule has 0 saturated heterocycles. The van der Waals surface area contributed by atoms with Crippen molar-refractivity contribution >= 4 is 0 Å². The fourth-order valence-electron chi connectivity index (χ4n) is 5.04. The Bertz CT molecular complexity index is 1450. The number of rotatable bonds is 7. The molecule has 0 bridgehead atoms. The SMILES string of the molecule is C=C(Cc1ccc(-c2ccccc2)cc1-c1cc(C)ccn1)C(C)(C)N1C=CC=CC1c1ccccc1. The first-order chi connectivity index (χ1) is 17.9. The van der Waals surface area contributed by atoms with Gasteiger partial charge < -0.3 is 4.90 Å². The standard InChI is InChI=1S/C35H34N2/c1-26-20-21-36-33(23-26)32-25-30(28-13-7-5-8-14-28)18-19-31(32)24-27(2)35(3,4)37-22-12-11-17-34(37)29-15-9-6-10-16-29/h5-23,25,34H,2,24H2,1,3-4H3. The summed E-state index contributed by atoms with van der Waals surface area (Å²) in [4.78, 5) is 7.18. The van der Waals surface area contributed by atoms with Gasteiger partial charge in [-0.15, -0.1) is 0 Å². The molecule has 4 aromatic rings. The molecule has 2 heteroatoms. The van der Waals surface area contributed by atoms with Crippen LogP contribution in [0.5, 0.6) is 0 Å². The van der Waals surface area contributed by atoms with Gasteiger partial charge in [0, 0.05) is 18.0 Å². The molecule has 1 aliphatic heterocycles. The lowest BCUT2D eigenvalue weighted by Gasteiger charge is -2.45. The first-order valence-electron chi connectivity index (χ1n) is 12.9. The number of hydrogen-bond acceptors (Lipinski definition) is 2. The third kappa shape index (κ3) is 5.20. The molecule has 0 saturated carbocycles. The zero-order valence-electron chi connectivity index (χ0n) is 21.9. The second-order valence-electron chi connectivity index (χ2n) is 10.3. The highest BCUT2D eigenvalue weighted by molar-refractivity contribution is 5.74. The monoisotopic (exact) mass is 482 g/mol. The van der Waals surface area contributed by atoms with Crippen molar-refractivity contribution in [1.82, 2.24) is 9.88 Å². The van der Waals surface area contributed by atoms with E-state index >= 15 is 0 Å². The van der Waals surface area contributed by atoms with Gasteiger partial charge in [-0.1, -0.05) is 91.5 Å². The highest BCUT2D eigenvalue weighted by atomic mass is 15.2. The number of aryl methyl sites for hydroxylation is 1. The van der Waals surface area contributed by atoms with Crippen LogP contribution in [0.4, 0.5) is 0 Å². The van der Waals surface area contributed by atoms with E-state index in [2.05, 4.69) is 142 Å². The maximum absolute atomic E-state index is 4.76. The Morgan fingerprint density at radius 2 is 1.59 bits per heavy atom. The fraction of sp³-hybridized carbons (Fsp3) is 0.171. The number of nitrogens with zero attached hydrogens (tertiary/aromatic N) is 2. The lowest BCUT2D eigenvalue weighted by molar-refractivity contribution is 0.182. The predicted octanol–water partition coefficient (Wildman–Crippen LogP) is 8.73. The third-order valence-corrected chi connectivity index (χ3v) is 7.41. The van der Waals surface area contributed by atoms with Gasteiger partial charge in [0.25, 0.3) is 0 Å². The molecule has 3 aromatic carbocycles. The summed E-state index contributed by atoms with van der Waals surface area (Å²) in [6.07, 6.45) is 11.4. The van der Waals surface area contributed by atoms with E-state index in [1.165, 1.54) is 27.8 Å². The zero-order valence-corrected chi connectivity index (χ0v) is 21.9. The minimum atomic E-state index is -0.267. The van der Waals surface area contributed by atoms with Gasteiger partial charge in [0.2, 0.25) is 0 Å². The Morgan fingerprint density at radius 1 is 0.865 bits per heavy atom. The van der Waals surface area contributed by atoms with Crippen molar-refractivity contribution in [3.63, 3.8) is 0 Å². The average molecular weight is 483 g/mol. The molecule has 1 unspecified atom stereocenters. The van der Waals surface area contributed by atoms with Crippen molar-refractivity contribution in [2.45, 2.75) is 38.8 Å². The lowest BCUT2D eigenvalue weighted by Crippen LogP contribution is -2.44. The van der Waals surface area contributed by atoms with Crippen molar-refractivity contribution in [1.29, 1.82) is 0 Å². The lowest BCUT2D eigenvalue weighted by atomic mass is 9.84. The average Bonchev–Trinajstić information content (AvgIpc) is 2.94. The molecular weight excluding hydrogens is 448 g/mol. The molecule has 1 aromatic heterocycles. The first kappa shape index (κ1) is 24.5. The summed E-state index contributed by atoms with van der Waals surface area (Å²) in [7, 11) is 0. The highest BCUT2D eigenvalue weighted by Crippen LogP contribution is 2.38. The Balaban J connectivity index is 1.50. The number of aromatic nitrogens is 1. The quantitative estimate of drug-likeness (QED) is 0.245. The van der Waals surface area contributed by atoms with Crippen LogP contribution in [0.2, 0.25) is 0 Å². The molecule has 0 radical (unpaired) electrons. The third-order valence-electron chi connectivity index (χ3n) is 7.41. The predicted molar refractivity (Wildman–Crippen MR) is 156 cm³/mol. The van der Waals surface area contributed by atoms with E-state index in [-0.39, 0.29) is 11.6 Å². The number of allylic oxidation sites excluding steroid dienone is 2. The molecular formula is C35H34N2. The summed E-state index contributed by atoms with van der Waals surface area (Å²) in [5, 5.41) is 0. The molecule has 0 N–H and O–H groups in total. The fourth-order valence-corrected chi connectivity index (χ4v) is 5.04. The van der Waals surface area contributed by atoms with Crippen LogP contribution >= 0.6 is 0 Å². The topological polar surface area (TPSA) is 16.1 Å². The molecule has 2 nitrogen and oxygen atoms in total. The molecule has 0 amide bonds. The van der Waals surface area contributed by atoms with Crippen LogP contribution in [-0.2, 0) is 6.42 Å². The molecule has 0 fully saturated rings. The molecule has 5 rings (SSSR count). The van der Waals surface area contributed by atoms with E-state index in [0.29, 0.717) is 0 Å². The second-order valence-corrected chi connectivity index (χ2v) is 10.3. The van der Waals surface area contributed by atoms with E-state index in [1.807, 2.05) is 12.3 Å². The van der Waals surface area contributed by atoms with Gasteiger partial charge in [-0.25, -0.2) is 0 Å².